The second-order valence-electron chi connectivity index (χ2n) is 3.86. The number of rotatable bonds is 6. The standard InChI is InChI=1S/C10H15FN2O4S2/c1-12-19(16,17)6-5-13-10-4-3-8(7-9(10)11)18(2,14)15/h3-4,7,12-13H,5-6H2,1-2H3. The molecule has 0 fully saturated rings. The third kappa shape index (κ3) is 4.77. The molecule has 0 unspecified atom stereocenters. The second-order valence-corrected chi connectivity index (χ2v) is 7.93. The van der Waals surface area contributed by atoms with Crippen LogP contribution in [-0.4, -0.2) is 42.4 Å². The molecule has 0 aliphatic carbocycles. The van der Waals surface area contributed by atoms with Crippen LogP contribution in [-0.2, 0) is 19.9 Å². The molecule has 9 heteroatoms. The first-order chi connectivity index (χ1) is 8.65. The largest absolute Gasteiger partial charge is 0.382 e. The van der Waals surface area contributed by atoms with Crippen LogP contribution >= 0.6 is 0 Å². The van der Waals surface area contributed by atoms with Crippen molar-refractivity contribution in [2.75, 3.05) is 30.9 Å². The molecule has 0 saturated heterocycles. The van der Waals surface area contributed by atoms with Crippen molar-refractivity contribution in [3.8, 4) is 0 Å². The maximum absolute atomic E-state index is 13.6. The summed E-state index contributed by atoms with van der Waals surface area (Å²) in [5, 5.41) is 2.59. The molecule has 0 aliphatic heterocycles. The summed E-state index contributed by atoms with van der Waals surface area (Å²) < 4.78 is 60.4. The molecule has 1 aromatic carbocycles. The number of benzene rings is 1. The molecule has 0 spiro atoms. The van der Waals surface area contributed by atoms with E-state index in [4.69, 9.17) is 0 Å². The fourth-order valence-corrected chi connectivity index (χ4v) is 2.50. The van der Waals surface area contributed by atoms with Crippen LogP contribution in [0, 0.1) is 5.82 Å². The molecule has 0 radical (unpaired) electrons. The molecular formula is C10H15FN2O4S2. The van der Waals surface area contributed by atoms with Crippen molar-refractivity contribution >= 4 is 25.5 Å². The first kappa shape index (κ1) is 15.9. The fourth-order valence-electron chi connectivity index (χ4n) is 1.29. The van der Waals surface area contributed by atoms with Gasteiger partial charge in [0.15, 0.2) is 9.84 Å². The Hall–Kier alpha value is -1.19. The van der Waals surface area contributed by atoms with Gasteiger partial charge in [-0.1, -0.05) is 0 Å². The van der Waals surface area contributed by atoms with Gasteiger partial charge in [0.1, 0.15) is 5.82 Å². The molecule has 0 aromatic heterocycles. The van der Waals surface area contributed by atoms with E-state index in [1.54, 1.807) is 0 Å². The number of anilines is 1. The highest BCUT2D eigenvalue weighted by Crippen LogP contribution is 2.18. The summed E-state index contributed by atoms with van der Waals surface area (Å²) in [7, 11) is -5.54. The highest BCUT2D eigenvalue weighted by atomic mass is 32.2. The van der Waals surface area contributed by atoms with Gasteiger partial charge in [0, 0.05) is 12.8 Å². The SMILES string of the molecule is CNS(=O)(=O)CCNc1ccc(S(C)(=O)=O)cc1F. The van der Waals surface area contributed by atoms with E-state index in [9.17, 15) is 21.2 Å². The average Bonchev–Trinajstić information content (AvgIpc) is 2.30. The molecule has 6 nitrogen and oxygen atoms in total. The summed E-state index contributed by atoms with van der Waals surface area (Å²) in [6, 6.07) is 3.41. The molecule has 0 aliphatic rings. The maximum atomic E-state index is 13.6. The monoisotopic (exact) mass is 310 g/mol. The lowest BCUT2D eigenvalue weighted by Crippen LogP contribution is -2.26. The second kappa shape index (κ2) is 5.85. The normalized spacial score (nSPS) is 12.4. The molecular weight excluding hydrogens is 295 g/mol. The lowest BCUT2D eigenvalue weighted by atomic mass is 10.3. The zero-order valence-electron chi connectivity index (χ0n) is 10.5. The quantitative estimate of drug-likeness (QED) is 0.782. The summed E-state index contributed by atoms with van der Waals surface area (Å²) in [4.78, 5) is -0.126. The number of hydrogen-bond donors (Lipinski definition) is 2. The lowest BCUT2D eigenvalue weighted by Gasteiger charge is -2.08. The topological polar surface area (TPSA) is 92.3 Å². The van der Waals surface area contributed by atoms with Gasteiger partial charge in [-0.2, -0.15) is 0 Å². The Bertz CT molecular complexity index is 656. The van der Waals surface area contributed by atoms with Crippen molar-refractivity contribution in [1.82, 2.24) is 4.72 Å². The van der Waals surface area contributed by atoms with Crippen LogP contribution in [0.25, 0.3) is 0 Å². The van der Waals surface area contributed by atoms with Gasteiger partial charge in [-0.25, -0.2) is 25.9 Å². The van der Waals surface area contributed by atoms with E-state index in [2.05, 4.69) is 10.0 Å². The summed E-state index contributed by atoms with van der Waals surface area (Å²) in [6.07, 6.45) is 0.981. The Morgan fingerprint density at radius 3 is 2.32 bits per heavy atom. The molecule has 0 bridgehead atoms. The van der Waals surface area contributed by atoms with Crippen LogP contribution in [0.15, 0.2) is 23.1 Å². The minimum absolute atomic E-state index is 0.0122. The van der Waals surface area contributed by atoms with E-state index in [-0.39, 0.29) is 22.9 Å². The number of hydrogen-bond acceptors (Lipinski definition) is 5. The first-order valence-electron chi connectivity index (χ1n) is 5.30. The van der Waals surface area contributed by atoms with E-state index in [1.165, 1.54) is 19.2 Å². The minimum atomic E-state index is -3.46. The van der Waals surface area contributed by atoms with Crippen molar-refractivity contribution in [1.29, 1.82) is 0 Å². The van der Waals surface area contributed by atoms with Crippen LogP contribution in [0.1, 0.15) is 0 Å². The van der Waals surface area contributed by atoms with E-state index >= 15 is 0 Å². The Morgan fingerprint density at radius 1 is 1.21 bits per heavy atom. The first-order valence-corrected chi connectivity index (χ1v) is 8.85. The predicted molar refractivity (Wildman–Crippen MR) is 70.8 cm³/mol. The van der Waals surface area contributed by atoms with Crippen LogP contribution in [0.2, 0.25) is 0 Å². The van der Waals surface area contributed by atoms with Crippen LogP contribution in [0.3, 0.4) is 0 Å². The molecule has 0 saturated carbocycles. The van der Waals surface area contributed by atoms with Gasteiger partial charge in [-0.3, -0.25) is 0 Å². The fraction of sp³-hybridized carbons (Fsp3) is 0.400. The third-order valence-corrected chi connectivity index (χ3v) is 4.84. The molecule has 0 atom stereocenters. The Morgan fingerprint density at radius 2 is 1.84 bits per heavy atom. The van der Waals surface area contributed by atoms with Gasteiger partial charge in [0.05, 0.1) is 16.3 Å². The molecule has 1 aromatic rings. The third-order valence-electron chi connectivity index (χ3n) is 2.37. The average molecular weight is 310 g/mol. The van der Waals surface area contributed by atoms with Crippen molar-refractivity contribution in [3.05, 3.63) is 24.0 Å². The molecule has 1 rings (SSSR count). The van der Waals surface area contributed by atoms with Gasteiger partial charge < -0.3 is 5.32 Å². The number of sulfone groups is 1. The number of nitrogens with one attached hydrogen (secondary N) is 2. The van der Waals surface area contributed by atoms with Crippen LogP contribution in [0.4, 0.5) is 10.1 Å². The summed E-state index contributed by atoms with van der Waals surface area (Å²) in [5.74, 6) is -0.957. The molecule has 19 heavy (non-hydrogen) atoms. The zero-order valence-corrected chi connectivity index (χ0v) is 12.1. The lowest BCUT2D eigenvalue weighted by molar-refractivity contribution is 0.588. The number of halogens is 1. The number of sulfonamides is 1. The van der Waals surface area contributed by atoms with Crippen molar-refractivity contribution < 1.29 is 21.2 Å². The van der Waals surface area contributed by atoms with E-state index in [0.29, 0.717) is 0 Å². The van der Waals surface area contributed by atoms with Gasteiger partial charge in [0.2, 0.25) is 10.0 Å². The molecule has 108 valence electrons. The van der Waals surface area contributed by atoms with E-state index in [1.807, 2.05) is 0 Å². The Kier molecular flexibility index (Phi) is 4.88. The van der Waals surface area contributed by atoms with Gasteiger partial charge in [-0.15, -0.1) is 0 Å². The Labute approximate surface area is 112 Å². The van der Waals surface area contributed by atoms with Gasteiger partial charge in [0.25, 0.3) is 0 Å². The summed E-state index contributed by atoms with van der Waals surface area (Å²) >= 11 is 0. The zero-order chi connectivity index (χ0) is 14.7. The van der Waals surface area contributed by atoms with Crippen molar-refractivity contribution in [2.45, 2.75) is 4.90 Å². The highest BCUT2D eigenvalue weighted by Gasteiger charge is 2.12. The van der Waals surface area contributed by atoms with Crippen LogP contribution in [0.5, 0.6) is 0 Å². The van der Waals surface area contributed by atoms with Gasteiger partial charge >= 0.3 is 0 Å². The smallest absolute Gasteiger partial charge is 0.213 e. The molecule has 2 N–H and O–H groups in total. The highest BCUT2D eigenvalue weighted by molar-refractivity contribution is 7.90. The van der Waals surface area contributed by atoms with Gasteiger partial charge in [-0.05, 0) is 25.2 Å². The summed E-state index contributed by atoms with van der Waals surface area (Å²) in [6.45, 7) is 0.0122. The van der Waals surface area contributed by atoms with E-state index in [0.717, 1.165) is 12.3 Å². The molecule has 0 amide bonds. The van der Waals surface area contributed by atoms with Crippen LogP contribution < -0.4 is 10.0 Å². The maximum Gasteiger partial charge on any atom is 0.213 e. The van der Waals surface area contributed by atoms with E-state index < -0.39 is 25.7 Å². The van der Waals surface area contributed by atoms with Crippen molar-refractivity contribution in [3.63, 3.8) is 0 Å². The summed E-state index contributed by atoms with van der Waals surface area (Å²) in [5.41, 5.74) is 0.0544. The minimum Gasteiger partial charge on any atom is -0.382 e. The Balaban J connectivity index is 2.77. The predicted octanol–water partition coefficient (Wildman–Crippen LogP) is 0.190. The molecule has 0 heterocycles. The van der Waals surface area contributed by atoms with Crippen molar-refractivity contribution in [2.24, 2.45) is 0 Å².